The number of imidazole rings is 1. The van der Waals surface area contributed by atoms with Gasteiger partial charge in [0.05, 0.1) is 35.5 Å². The molecule has 3 heterocycles. The van der Waals surface area contributed by atoms with Crippen molar-refractivity contribution in [3.8, 4) is 17.5 Å². The Bertz CT molecular complexity index is 1490. The van der Waals surface area contributed by atoms with Crippen LogP contribution in [0.1, 0.15) is 32.0 Å². The van der Waals surface area contributed by atoms with Crippen LogP contribution in [0.5, 0.6) is 5.75 Å². The Morgan fingerprint density at radius 2 is 2.00 bits per heavy atom. The number of fused-ring (bicyclic) bond motifs is 3. The maximum Gasteiger partial charge on any atom is 0.333 e. The summed E-state index contributed by atoms with van der Waals surface area (Å²) in [4.78, 5) is 25.9. The number of nitriles is 1. The molecule has 0 N–H and O–H groups in total. The van der Waals surface area contributed by atoms with Crippen LogP contribution in [0.15, 0.2) is 52.5 Å². The zero-order valence-electron chi connectivity index (χ0n) is 19.6. The van der Waals surface area contributed by atoms with E-state index in [1.807, 2.05) is 45.0 Å². The highest BCUT2D eigenvalue weighted by molar-refractivity contribution is 6.13. The number of hydrogen-bond acceptors (Lipinski definition) is 6. The van der Waals surface area contributed by atoms with Gasteiger partial charge in [0.25, 0.3) is 0 Å². The molecule has 33 heavy (non-hydrogen) atoms. The maximum atomic E-state index is 13.2. The van der Waals surface area contributed by atoms with Gasteiger partial charge in [0, 0.05) is 43.5 Å². The van der Waals surface area contributed by atoms with Gasteiger partial charge in [0.2, 0.25) is 0 Å². The van der Waals surface area contributed by atoms with Gasteiger partial charge in [-0.3, -0.25) is 19.1 Å². The Morgan fingerprint density at radius 3 is 2.64 bits per heavy atom. The van der Waals surface area contributed by atoms with E-state index < -0.39 is 0 Å². The van der Waals surface area contributed by atoms with Crippen molar-refractivity contribution in [1.29, 1.82) is 5.26 Å². The van der Waals surface area contributed by atoms with Gasteiger partial charge in [0.15, 0.2) is 0 Å². The molecule has 0 aliphatic heterocycles. The molecule has 0 radical (unpaired) electrons. The Balaban J connectivity index is 0.00000149. The summed E-state index contributed by atoms with van der Waals surface area (Å²) in [6, 6.07) is 9.14. The number of pyridine rings is 2. The molecule has 0 amide bonds. The van der Waals surface area contributed by atoms with Crippen LogP contribution in [0, 0.1) is 11.3 Å². The van der Waals surface area contributed by atoms with Gasteiger partial charge in [-0.05, 0) is 30.7 Å². The lowest BCUT2D eigenvalue weighted by atomic mass is 10.0. The standard InChI is InChI=1S/C23H20N6O2.C2H6/c1-5-14(12-25-2)17-9-18-19(10-21(17)31-4)27-13-20-22(18)29(23(30)28(20)3)16-6-7-26-15(8-16)11-24;1-2/h5-10,12-13H,1-4H3;1-2H3/b14-5+,25-12?;. The molecule has 0 aliphatic carbocycles. The molecule has 0 aliphatic rings. The van der Waals surface area contributed by atoms with Gasteiger partial charge >= 0.3 is 5.69 Å². The Labute approximate surface area is 192 Å². The fourth-order valence-electron chi connectivity index (χ4n) is 3.72. The molecule has 0 spiro atoms. The van der Waals surface area contributed by atoms with Gasteiger partial charge < -0.3 is 4.74 Å². The molecule has 8 heteroatoms. The molecular formula is C25H26N6O2. The molecular weight excluding hydrogens is 416 g/mol. The van der Waals surface area contributed by atoms with Gasteiger partial charge in [0.1, 0.15) is 17.5 Å². The predicted molar refractivity (Wildman–Crippen MR) is 132 cm³/mol. The third-order valence-corrected chi connectivity index (χ3v) is 5.21. The summed E-state index contributed by atoms with van der Waals surface area (Å²) in [7, 11) is 5.02. The molecule has 0 fully saturated rings. The summed E-state index contributed by atoms with van der Waals surface area (Å²) in [5.41, 5.74) is 4.34. The number of methoxy groups -OCH3 is 1. The first-order valence-electron chi connectivity index (χ1n) is 10.6. The quantitative estimate of drug-likeness (QED) is 0.439. The molecule has 0 saturated carbocycles. The predicted octanol–water partition coefficient (Wildman–Crippen LogP) is 4.28. The topological polar surface area (TPSA) is 98.1 Å². The van der Waals surface area contributed by atoms with Crippen molar-refractivity contribution in [2.24, 2.45) is 12.0 Å². The zero-order valence-corrected chi connectivity index (χ0v) is 19.6. The SMILES string of the molecule is C/C=C(\C=NC)c1cc2c(cc1OC)ncc1c2n(-c2ccnc(C#N)c2)c(=O)n1C.CC. The number of nitrogens with zero attached hydrogens (tertiary/aromatic N) is 6. The fourth-order valence-corrected chi connectivity index (χ4v) is 3.72. The van der Waals surface area contributed by atoms with Crippen molar-refractivity contribution in [3.63, 3.8) is 0 Å². The highest BCUT2D eigenvalue weighted by Crippen LogP contribution is 2.33. The van der Waals surface area contributed by atoms with Crippen LogP contribution in [0.25, 0.3) is 33.2 Å². The molecule has 1 aromatic carbocycles. The van der Waals surface area contributed by atoms with E-state index in [-0.39, 0.29) is 11.4 Å². The van der Waals surface area contributed by atoms with E-state index in [1.165, 1.54) is 6.20 Å². The van der Waals surface area contributed by atoms with Crippen molar-refractivity contribution in [1.82, 2.24) is 19.1 Å². The summed E-state index contributed by atoms with van der Waals surface area (Å²) in [5, 5.41) is 10.0. The van der Waals surface area contributed by atoms with E-state index in [1.54, 1.807) is 54.9 Å². The molecule has 4 aromatic rings. The molecule has 168 valence electrons. The normalized spacial score (nSPS) is 11.5. The molecule has 4 rings (SSSR count). The maximum absolute atomic E-state index is 13.2. The number of allylic oxidation sites excluding steroid dienone is 2. The number of ether oxygens (including phenoxy) is 1. The first-order chi connectivity index (χ1) is 16.0. The van der Waals surface area contributed by atoms with Crippen LogP contribution in [0.2, 0.25) is 0 Å². The van der Waals surface area contributed by atoms with E-state index >= 15 is 0 Å². The Hall–Kier alpha value is -4.25. The second-order valence-corrected chi connectivity index (χ2v) is 6.88. The average molecular weight is 443 g/mol. The lowest BCUT2D eigenvalue weighted by molar-refractivity contribution is 0.414. The Morgan fingerprint density at radius 1 is 1.24 bits per heavy atom. The zero-order chi connectivity index (χ0) is 24.1. The number of aliphatic imine (C=N–C) groups is 1. The van der Waals surface area contributed by atoms with E-state index in [9.17, 15) is 10.1 Å². The minimum absolute atomic E-state index is 0.234. The van der Waals surface area contributed by atoms with Crippen LogP contribution in [0.4, 0.5) is 0 Å². The monoisotopic (exact) mass is 442 g/mol. The lowest BCUT2D eigenvalue weighted by Gasteiger charge is -2.12. The molecule has 8 nitrogen and oxygen atoms in total. The van der Waals surface area contributed by atoms with Gasteiger partial charge in [-0.1, -0.05) is 19.9 Å². The van der Waals surface area contributed by atoms with Crippen LogP contribution in [0.3, 0.4) is 0 Å². The first kappa shape index (κ1) is 23.4. The highest BCUT2D eigenvalue weighted by Gasteiger charge is 2.19. The van der Waals surface area contributed by atoms with Crippen LogP contribution in [-0.4, -0.2) is 39.5 Å². The second-order valence-electron chi connectivity index (χ2n) is 6.88. The summed E-state index contributed by atoms with van der Waals surface area (Å²) >= 11 is 0. The summed E-state index contributed by atoms with van der Waals surface area (Å²) < 4.78 is 8.74. The first-order valence-corrected chi connectivity index (χ1v) is 10.6. The number of hydrogen-bond donors (Lipinski definition) is 0. The van der Waals surface area contributed by atoms with E-state index in [0.717, 1.165) is 16.5 Å². The average Bonchev–Trinajstić information content (AvgIpc) is 3.13. The van der Waals surface area contributed by atoms with Crippen molar-refractivity contribution < 1.29 is 4.74 Å². The number of benzene rings is 1. The second kappa shape index (κ2) is 9.92. The molecule has 0 unspecified atom stereocenters. The van der Waals surface area contributed by atoms with Gasteiger partial charge in [-0.15, -0.1) is 0 Å². The van der Waals surface area contributed by atoms with Crippen molar-refractivity contribution in [3.05, 3.63) is 64.5 Å². The lowest BCUT2D eigenvalue weighted by Crippen LogP contribution is -2.21. The molecule has 3 aromatic heterocycles. The molecule has 0 saturated heterocycles. The third kappa shape index (κ3) is 4.01. The summed E-state index contributed by atoms with van der Waals surface area (Å²) in [5.74, 6) is 0.660. The molecule has 0 bridgehead atoms. The minimum Gasteiger partial charge on any atom is -0.496 e. The number of aromatic nitrogens is 4. The van der Waals surface area contributed by atoms with Gasteiger partial charge in [-0.25, -0.2) is 9.78 Å². The van der Waals surface area contributed by atoms with E-state index in [4.69, 9.17) is 4.74 Å². The van der Waals surface area contributed by atoms with Crippen molar-refractivity contribution in [2.75, 3.05) is 14.2 Å². The van der Waals surface area contributed by atoms with Crippen LogP contribution < -0.4 is 10.4 Å². The van der Waals surface area contributed by atoms with Crippen LogP contribution in [-0.2, 0) is 7.05 Å². The van der Waals surface area contributed by atoms with E-state index in [0.29, 0.717) is 28.0 Å². The number of aryl methyl sites for hydroxylation is 1. The third-order valence-electron chi connectivity index (χ3n) is 5.21. The highest BCUT2D eigenvalue weighted by atomic mass is 16.5. The van der Waals surface area contributed by atoms with Crippen molar-refractivity contribution in [2.45, 2.75) is 20.8 Å². The smallest absolute Gasteiger partial charge is 0.333 e. The van der Waals surface area contributed by atoms with Crippen molar-refractivity contribution >= 4 is 33.7 Å². The minimum atomic E-state index is -0.238. The van der Waals surface area contributed by atoms with E-state index in [2.05, 4.69) is 15.0 Å². The fraction of sp³-hybridized carbons (Fsp3) is 0.240. The van der Waals surface area contributed by atoms with Crippen LogP contribution >= 0.6 is 0 Å². The number of rotatable bonds is 4. The summed E-state index contributed by atoms with van der Waals surface area (Å²) in [6.45, 7) is 5.93. The summed E-state index contributed by atoms with van der Waals surface area (Å²) in [6.07, 6.45) is 6.90. The molecule has 0 atom stereocenters. The Kier molecular flexibility index (Phi) is 7.04. The van der Waals surface area contributed by atoms with Gasteiger partial charge in [-0.2, -0.15) is 5.26 Å². The largest absolute Gasteiger partial charge is 0.496 e.